The van der Waals surface area contributed by atoms with Crippen LogP contribution in [0.2, 0.25) is 0 Å². The highest BCUT2D eigenvalue weighted by Crippen LogP contribution is 2.22. The second-order valence-corrected chi connectivity index (χ2v) is 5.05. The monoisotopic (exact) mass is 218 g/mol. The third-order valence-corrected chi connectivity index (χ3v) is 3.27. The van der Waals surface area contributed by atoms with Gasteiger partial charge in [0.05, 0.1) is 0 Å². The molecule has 0 unspecified atom stereocenters. The van der Waals surface area contributed by atoms with E-state index < -0.39 is 0 Å². The summed E-state index contributed by atoms with van der Waals surface area (Å²) in [4.78, 5) is 2.48. The molecule has 0 aliphatic carbocycles. The Bertz CT molecular complexity index is 346. The van der Waals surface area contributed by atoms with Crippen molar-refractivity contribution in [3.8, 4) is 0 Å². The van der Waals surface area contributed by atoms with Crippen molar-refractivity contribution in [1.82, 2.24) is 5.32 Å². The topological polar surface area (TPSA) is 15.3 Å². The molecule has 88 valence electrons. The van der Waals surface area contributed by atoms with Gasteiger partial charge in [0.15, 0.2) is 0 Å². The number of hydrogen-bond acceptors (Lipinski definition) is 2. The zero-order valence-corrected chi connectivity index (χ0v) is 10.5. The molecular weight excluding hydrogens is 196 g/mol. The minimum atomic E-state index is 0.594. The van der Waals surface area contributed by atoms with Gasteiger partial charge in [-0.3, -0.25) is 0 Å². The summed E-state index contributed by atoms with van der Waals surface area (Å²) in [6.45, 7) is 10.1. The molecule has 0 saturated carbocycles. The lowest BCUT2D eigenvalue weighted by atomic mass is 10.0. The lowest BCUT2D eigenvalue weighted by molar-refractivity contribution is 0.485. The van der Waals surface area contributed by atoms with E-state index in [4.69, 9.17) is 0 Å². The van der Waals surface area contributed by atoms with Crippen LogP contribution < -0.4 is 10.2 Å². The van der Waals surface area contributed by atoms with E-state index in [1.165, 1.54) is 11.3 Å². The van der Waals surface area contributed by atoms with Crippen LogP contribution in [0.15, 0.2) is 24.3 Å². The van der Waals surface area contributed by atoms with Gasteiger partial charge in [-0.15, -0.1) is 0 Å². The highest BCUT2D eigenvalue weighted by Gasteiger charge is 2.16. The molecule has 1 fully saturated rings. The maximum Gasteiger partial charge on any atom is 0.0370 e. The highest BCUT2D eigenvalue weighted by atomic mass is 15.2. The summed E-state index contributed by atoms with van der Waals surface area (Å²) in [5.74, 6) is 0.611. The Hall–Kier alpha value is -1.02. The second kappa shape index (κ2) is 4.88. The summed E-state index contributed by atoms with van der Waals surface area (Å²) in [7, 11) is 0. The molecule has 16 heavy (non-hydrogen) atoms. The van der Waals surface area contributed by atoms with E-state index in [2.05, 4.69) is 55.3 Å². The Kier molecular flexibility index (Phi) is 3.49. The van der Waals surface area contributed by atoms with Gasteiger partial charge in [0.1, 0.15) is 0 Å². The molecule has 0 bridgehead atoms. The van der Waals surface area contributed by atoms with E-state index >= 15 is 0 Å². The van der Waals surface area contributed by atoms with Crippen molar-refractivity contribution in [2.24, 2.45) is 0 Å². The molecule has 0 spiro atoms. The predicted octanol–water partition coefficient (Wildman–Crippen LogP) is 2.61. The number of nitrogens with one attached hydrogen (secondary N) is 1. The zero-order chi connectivity index (χ0) is 11.5. The van der Waals surface area contributed by atoms with Crippen molar-refractivity contribution < 1.29 is 0 Å². The molecule has 1 N–H and O–H groups in total. The van der Waals surface area contributed by atoms with E-state index in [1.807, 2.05) is 0 Å². The Labute approximate surface area is 98.7 Å². The minimum Gasteiger partial charge on any atom is -0.369 e. The molecule has 2 nitrogen and oxygen atoms in total. The van der Waals surface area contributed by atoms with E-state index in [0.717, 1.165) is 19.6 Å². The first-order valence-electron chi connectivity index (χ1n) is 6.25. The molecule has 2 rings (SSSR count). The van der Waals surface area contributed by atoms with Gasteiger partial charge < -0.3 is 10.2 Å². The fraction of sp³-hybridized carbons (Fsp3) is 0.571. The first-order chi connectivity index (χ1) is 7.66. The van der Waals surface area contributed by atoms with Crippen molar-refractivity contribution in [3.05, 3.63) is 29.8 Å². The van der Waals surface area contributed by atoms with Crippen LogP contribution in [0.4, 0.5) is 5.69 Å². The Balaban J connectivity index is 2.16. The minimum absolute atomic E-state index is 0.594. The molecule has 0 amide bonds. The van der Waals surface area contributed by atoms with Gasteiger partial charge in [0.25, 0.3) is 0 Å². The molecule has 2 heteroatoms. The predicted molar refractivity (Wildman–Crippen MR) is 70.2 cm³/mol. The van der Waals surface area contributed by atoms with Crippen LogP contribution >= 0.6 is 0 Å². The average Bonchev–Trinajstić information content (AvgIpc) is 2.29. The molecule has 1 aliphatic rings. The third kappa shape index (κ3) is 2.56. The summed E-state index contributed by atoms with van der Waals surface area (Å²) in [5, 5.41) is 3.48. The smallest absolute Gasteiger partial charge is 0.0370 e. The fourth-order valence-corrected chi connectivity index (χ4v) is 2.25. The van der Waals surface area contributed by atoms with Crippen LogP contribution in [0, 0.1) is 0 Å². The lowest BCUT2D eigenvalue weighted by Crippen LogP contribution is -2.49. The highest BCUT2D eigenvalue weighted by molar-refractivity contribution is 5.49. The van der Waals surface area contributed by atoms with Crippen LogP contribution in [-0.4, -0.2) is 25.7 Å². The number of piperazine rings is 1. The summed E-state index contributed by atoms with van der Waals surface area (Å²) in [6.07, 6.45) is 0. The van der Waals surface area contributed by atoms with E-state index in [1.54, 1.807) is 0 Å². The molecule has 1 saturated heterocycles. The van der Waals surface area contributed by atoms with E-state index in [0.29, 0.717) is 12.0 Å². The molecule has 1 heterocycles. The van der Waals surface area contributed by atoms with Gasteiger partial charge in [0.2, 0.25) is 0 Å². The van der Waals surface area contributed by atoms with Crippen molar-refractivity contribution >= 4 is 5.69 Å². The van der Waals surface area contributed by atoms with Gasteiger partial charge in [-0.2, -0.15) is 0 Å². The SMILES string of the molecule is CC(C)c1cccc(N2CCN[C@@H](C)C2)c1. The van der Waals surface area contributed by atoms with Gasteiger partial charge in [-0.05, 0) is 30.5 Å². The van der Waals surface area contributed by atoms with E-state index in [-0.39, 0.29) is 0 Å². The van der Waals surface area contributed by atoms with Crippen LogP contribution in [0.1, 0.15) is 32.3 Å². The van der Waals surface area contributed by atoms with Gasteiger partial charge in [-0.1, -0.05) is 26.0 Å². The molecule has 1 atom stereocenters. The molecule has 1 aromatic rings. The van der Waals surface area contributed by atoms with Gasteiger partial charge in [0, 0.05) is 31.4 Å². The average molecular weight is 218 g/mol. The first kappa shape index (κ1) is 11.5. The number of rotatable bonds is 2. The lowest BCUT2D eigenvalue weighted by Gasteiger charge is -2.34. The summed E-state index contributed by atoms with van der Waals surface area (Å²) >= 11 is 0. The van der Waals surface area contributed by atoms with E-state index in [9.17, 15) is 0 Å². The Morgan fingerprint density at radius 1 is 1.38 bits per heavy atom. The van der Waals surface area contributed by atoms with Crippen LogP contribution in [-0.2, 0) is 0 Å². The molecule has 0 radical (unpaired) electrons. The first-order valence-corrected chi connectivity index (χ1v) is 6.25. The fourth-order valence-electron chi connectivity index (χ4n) is 2.25. The van der Waals surface area contributed by atoms with Crippen LogP contribution in [0.5, 0.6) is 0 Å². The number of anilines is 1. The molecular formula is C14H22N2. The van der Waals surface area contributed by atoms with Gasteiger partial charge in [-0.25, -0.2) is 0 Å². The zero-order valence-electron chi connectivity index (χ0n) is 10.5. The largest absolute Gasteiger partial charge is 0.369 e. The summed E-state index contributed by atoms with van der Waals surface area (Å²) in [5.41, 5.74) is 2.81. The summed E-state index contributed by atoms with van der Waals surface area (Å²) in [6, 6.07) is 9.56. The molecule has 0 aromatic heterocycles. The normalized spacial score (nSPS) is 21.5. The maximum absolute atomic E-state index is 3.48. The van der Waals surface area contributed by atoms with Gasteiger partial charge >= 0.3 is 0 Å². The number of nitrogens with zero attached hydrogens (tertiary/aromatic N) is 1. The Morgan fingerprint density at radius 2 is 2.19 bits per heavy atom. The van der Waals surface area contributed by atoms with Crippen molar-refractivity contribution in [3.63, 3.8) is 0 Å². The van der Waals surface area contributed by atoms with Crippen molar-refractivity contribution in [2.45, 2.75) is 32.7 Å². The van der Waals surface area contributed by atoms with Crippen molar-refractivity contribution in [2.75, 3.05) is 24.5 Å². The maximum atomic E-state index is 3.48. The van der Waals surface area contributed by atoms with Crippen LogP contribution in [0.25, 0.3) is 0 Å². The molecule has 1 aromatic carbocycles. The summed E-state index contributed by atoms with van der Waals surface area (Å²) < 4.78 is 0. The third-order valence-electron chi connectivity index (χ3n) is 3.27. The standard InChI is InChI=1S/C14H22N2/c1-11(2)13-5-4-6-14(9-13)16-8-7-15-12(3)10-16/h4-6,9,11-12,15H,7-8,10H2,1-3H3/t12-/m0/s1. The second-order valence-electron chi connectivity index (χ2n) is 5.05. The van der Waals surface area contributed by atoms with Crippen LogP contribution in [0.3, 0.4) is 0 Å². The number of benzene rings is 1. The molecule has 1 aliphatic heterocycles. The quantitative estimate of drug-likeness (QED) is 0.821. The number of hydrogen-bond donors (Lipinski definition) is 1. The van der Waals surface area contributed by atoms with Crippen molar-refractivity contribution in [1.29, 1.82) is 0 Å². The Morgan fingerprint density at radius 3 is 2.88 bits per heavy atom.